The lowest BCUT2D eigenvalue weighted by atomic mass is 10.3. The summed E-state index contributed by atoms with van der Waals surface area (Å²) in [6.45, 7) is 5.10. The van der Waals surface area contributed by atoms with Crippen molar-refractivity contribution < 1.29 is 4.79 Å². The zero-order valence-electron chi connectivity index (χ0n) is 15.2. The number of thiazole rings is 1. The number of halogens is 1. The second-order valence-electron chi connectivity index (χ2n) is 5.39. The highest BCUT2D eigenvalue weighted by Crippen LogP contribution is 2.12. The number of rotatable bonds is 7. The Kier molecular flexibility index (Phi) is 10.1. The third-order valence-corrected chi connectivity index (χ3v) is 4.52. The number of pyridine rings is 1. The van der Waals surface area contributed by atoms with Gasteiger partial charge in [0.15, 0.2) is 5.96 Å². The molecule has 2 rings (SSSR count). The predicted octanol–water partition coefficient (Wildman–Crippen LogP) is 2.72. The summed E-state index contributed by atoms with van der Waals surface area (Å²) < 4.78 is 0. The number of nitrogens with zero attached hydrogens (tertiary/aromatic N) is 3. The molecule has 2 aromatic heterocycles. The van der Waals surface area contributed by atoms with Gasteiger partial charge in [0.05, 0.1) is 6.54 Å². The van der Waals surface area contributed by atoms with Gasteiger partial charge in [-0.05, 0) is 25.5 Å². The summed E-state index contributed by atoms with van der Waals surface area (Å²) >= 11 is 1.69. The monoisotopic (exact) mass is 488 g/mol. The van der Waals surface area contributed by atoms with Gasteiger partial charge in [-0.2, -0.15) is 0 Å². The molecular formula is C17H25IN6OS. The van der Waals surface area contributed by atoms with Gasteiger partial charge >= 0.3 is 0 Å². The second kappa shape index (κ2) is 11.8. The Labute approximate surface area is 175 Å². The van der Waals surface area contributed by atoms with E-state index < -0.39 is 0 Å². The molecule has 0 atom stereocenters. The lowest BCUT2D eigenvalue weighted by Gasteiger charge is -2.11. The van der Waals surface area contributed by atoms with E-state index >= 15 is 0 Å². The Hall–Kier alpha value is -1.75. The van der Waals surface area contributed by atoms with Crippen molar-refractivity contribution in [1.29, 1.82) is 0 Å². The minimum atomic E-state index is -0.0893. The fourth-order valence-corrected chi connectivity index (χ4v) is 2.89. The van der Waals surface area contributed by atoms with Crippen LogP contribution in [0.15, 0.2) is 29.4 Å². The van der Waals surface area contributed by atoms with Crippen molar-refractivity contribution >= 4 is 53.0 Å². The number of aryl methyl sites for hydroxylation is 2. The van der Waals surface area contributed by atoms with Crippen LogP contribution in [0.1, 0.15) is 28.9 Å². The lowest BCUT2D eigenvalue weighted by molar-refractivity contribution is -0.116. The van der Waals surface area contributed by atoms with Crippen LogP contribution in [0.2, 0.25) is 0 Å². The zero-order valence-corrected chi connectivity index (χ0v) is 18.4. The number of hydrogen-bond acceptors (Lipinski definition) is 5. The lowest BCUT2D eigenvalue weighted by Crippen LogP contribution is -2.38. The first-order valence-corrected chi connectivity index (χ1v) is 9.04. The number of hydrogen-bond donors (Lipinski definition) is 3. The first kappa shape index (κ1) is 22.3. The van der Waals surface area contributed by atoms with E-state index in [1.165, 1.54) is 4.88 Å². The van der Waals surface area contributed by atoms with Gasteiger partial charge in [0.2, 0.25) is 5.91 Å². The van der Waals surface area contributed by atoms with Gasteiger partial charge in [0, 0.05) is 36.8 Å². The Morgan fingerprint density at radius 1 is 1.31 bits per heavy atom. The van der Waals surface area contributed by atoms with Gasteiger partial charge in [0.25, 0.3) is 0 Å². The number of aliphatic imine (C=N–C) groups is 1. The van der Waals surface area contributed by atoms with E-state index in [1.54, 1.807) is 24.5 Å². The maximum atomic E-state index is 11.9. The number of nitrogens with one attached hydrogen (secondary N) is 3. The summed E-state index contributed by atoms with van der Waals surface area (Å²) in [4.78, 5) is 26.0. The molecule has 0 aliphatic carbocycles. The fourth-order valence-electron chi connectivity index (χ4n) is 2.09. The van der Waals surface area contributed by atoms with Crippen LogP contribution in [0.4, 0.5) is 5.82 Å². The molecule has 0 unspecified atom stereocenters. The van der Waals surface area contributed by atoms with Crippen molar-refractivity contribution in [3.63, 3.8) is 0 Å². The van der Waals surface area contributed by atoms with Crippen molar-refractivity contribution in [3.05, 3.63) is 40.0 Å². The van der Waals surface area contributed by atoms with Crippen molar-refractivity contribution in [1.82, 2.24) is 20.6 Å². The molecule has 7 nitrogen and oxygen atoms in total. The van der Waals surface area contributed by atoms with Crippen molar-refractivity contribution in [2.24, 2.45) is 4.99 Å². The average Bonchev–Trinajstić information content (AvgIpc) is 3.06. The van der Waals surface area contributed by atoms with Crippen LogP contribution in [0.25, 0.3) is 0 Å². The number of carbonyl (C=O) groups is 1. The van der Waals surface area contributed by atoms with Gasteiger partial charge in [0.1, 0.15) is 10.8 Å². The van der Waals surface area contributed by atoms with E-state index in [2.05, 4.69) is 37.8 Å². The smallest absolute Gasteiger partial charge is 0.227 e. The van der Waals surface area contributed by atoms with Crippen LogP contribution >= 0.6 is 35.3 Å². The van der Waals surface area contributed by atoms with Crippen LogP contribution in [0.5, 0.6) is 0 Å². The third-order valence-electron chi connectivity index (χ3n) is 3.38. The molecule has 0 fully saturated rings. The normalized spacial score (nSPS) is 10.8. The quantitative estimate of drug-likeness (QED) is 0.317. The maximum Gasteiger partial charge on any atom is 0.227 e. The van der Waals surface area contributed by atoms with E-state index in [0.29, 0.717) is 31.3 Å². The highest BCUT2D eigenvalue weighted by Gasteiger charge is 2.06. The molecule has 3 N–H and O–H groups in total. The minimum Gasteiger partial charge on any atom is -0.356 e. The zero-order chi connectivity index (χ0) is 18.1. The van der Waals surface area contributed by atoms with Crippen LogP contribution in [-0.2, 0) is 17.8 Å². The summed E-state index contributed by atoms with van der Waals surface area (Å²) in [6, 6.07) is 5.53. The van der Waals surface area contributed by atoms with Crippen molar-refractivity contribution in [2.45, 2.75) is 33.2 Å². The molecule has 0 radical (unpaired) electrons. The van der Waals surface area contributed by atoms with Gasteiger partial charge in [-0.25, -0.2) is 9.97 Å². The molecule has 0 spiro atoms. The molecule has 2 heterocycles. The number of carbonyl (C=O) groups excluding carboxylic acids is 1. The van der Waals surface area contributed by atoms with E-state index in [1.807, 2.05) is 25.3 Å². The molecule has 0 saturated carbocycles. The molecule has 26 heavy (non-hydrogen) atoms. The molecule has 9 heteroatoms. The predicted molar refractivity (Wildman–Crippen MR) is 117 cm³/mol. The molecule has 0 aromatic carbocycles. The Bertz CT molecular complexity index is 734. The van der Waals surface area contributed by atoms with E-state index in [-0.39, 0.29) is 29.9 Å². The Morgan fingerprint density at radius 2 is 2.12 bits per heavy atom. The largest absolute Gasteiger partial charge is 0.356 e. The van der Waals surface area contributed by atoms with Crippen LogP contribution in [-0.4, -0.2) is 35.4 Å². The van der Waals surface area contributed by atoms with Crippen LogP contribution < -0.4 is 16.0 Å². The molecule has 0 aliphatic heterocycles. The first-order valence-electron chi connectivity index (χ1n) is 8.22. The molecule has 2 aromatic rings. The molecular weight excluding hydrogens is 463 g/mol. The number of anilines is 1. The number of aromatic nitrogens is 2. The SMILES string of the molecule is CCc1cnc(CNC(=NC)NCCC(=O)Nc2cccc(C)n2)s1.I. The average molecular weight is 488 g/mol. The summed E-state index contributed by atoms with van der Waals surface area (Å²) in [5.41, 5.74) is 0.869. The Balaban J connectivity index is 0.00000338. The third kappa shape index (κ3) is 7.65. The van der Waals surface area contributed by atoms with Gasteiger partial charge in [-0.3, -0.25) is 9.79 Å². The molecule has 0 saturated heterocycles. The van der Waals surface area contributed by atoms with Gasteiger partial charge < -0.3 is 16.0 Å². The second-order valence-corrected chi connectivity index (χ2v) is 6.59. The maximum absolute atomic E-state index is 11.9. The van der Waals surface area contributed by atoms with E-state index in [9.17, 15) is 4.79 Å². The summed E-state index contributed by atoms with van der Waals surface area (Å²) in [5.74, 6) is 1.13. The van der Waals surface area contributed by atoms with E-state index in [4.69, 9.17) is 0 Å². The first-order chi connectivity index (χ1) is 12.1. The van der Waals surface area contributed by atoms with Gasteiger partial charge in [-0.15, -0.1) is 35.3 Å². The molecule has 142 valence electrons. The molecule has 0 aliphatic rings. The highest BCUT2D eigenvalue weighted by molar-refractivity contribution is 14.0. The van der Waals surface area contributed by atoms with Crippen molar-refractivity contribution in [3.8, 4) is 0 Å². The minimum absolute atomic E-state index is 0. The summed E-state index contributed by atoms with van der Waals surface area (Å²) in [7, 11) is 1.70. The fraction of sp³-hybridized carbons (Fsp3) is 0.412. The summed E-state index contributed by atoms with van der Waals surface area (Å²) in [5, 5.41) is 10.1. The standard InChI is InChI=1S/C17H24N6OS.HI/c1-4-13-10-20-16(25-13)11-21-17(18-3)19-9-8-15(24)23-14-7-5-6-12(2)22-14;/h5-7,10H,4,8-9,11H2,1-3H3,(H2,18,19,21)(H,22,23,24);1H. The van der Waals surface area contributed by atoms with Crippen molar-refractivity contribution in [2.75, 3.05) is 18.9 Å². The number of amides is 1. The topological polar surface area (TPSA) is 91.3 Å². The van der Waals surface area contributed by atoms with E-state index in [0.717, 1.165) is 17.1 Å². The highest BCUT2D eigenvalue weighted by atomic mass is 127. The molecule has 0 bridgehead atoms. The Morgan fingerprint density at radius 3 is 2.77 bits per heavy atom. The number of guanidine groups is 1. The molecule has 1 amide bonds. The van der Waals surface area contributed by atoms with Gasteiger partial charge in [-0.1, -0.05) is 13.0 Å². The van der Waals surface area contributed by atoms with Crippen LogP contribution in [0.3, 0.4) is 0 Å². The van der Waals surface area contributed by atoms with Crippen LogP contribution in [0, 0.1) is 6.92 Å². The summed E-state index contributed by atoms with van der Waals surface area (Å²) in [6.07, 6.45) is 3.23.